The molecule has 0 saturated heterocycles. The summed E-state index contributed by atoms with van der Waals surface area (Å²) in [6, 6.07) is 3.35. The molecule has 0 N–H and O–H groups in total. The van der Waals surface area contributed by atoms with Crippen LogP contribution in [0.5, 0.6) is 5.75 Å². The quantitative estimate of drug-likeness (QED) is 0.271. The number of aryl methyl sites for hydroxylation is 1. The van der Waals surface area contributed by atoms with Gasteiger partial charge < -0.3 is 4.74 Å². The first-order chi connectivity index (χ1) is 16.0. The van der Waals surface area contributed by atoms with Crippen LogP contribution in [0.15, 0.2) is 36.8 Å². The Labute approximate surface area is 202 Å². The van der Waals surface area contributed by atoms with Crippen LogP contribution in [0, 0.1) is 12.7 Å². The van der Waals surface area contributed by atoms with Crippen molar-refractivity contribution < 1.29 is 22.3 Å². The van der Waals surface area contributed by atoms with Gasteiger partial charge in [0, 0.05) is 36.1 Å². The summed E-state index contributed by atoms with van der Waals surface area (Å²) in [4.78, 5) is 12.1. The Hall–Kier alpha value is -2.91. The second-order valence-electron chi connectivity index (χ2n) is 7.86. The highest BCUT2D eigenvalue weighted by molar-refractivity contribution is 6.32. The van der Waals surface area contributed by atoms with Gasteiger partial charge in [-0.15, -0.1) is 0 Å². The minimum Gasteiger partial charge on any atom is -0.490 e. The maximum atomic E-state index is 15.3. The molecule has 5 nitrogen and oxygen atoms in total. The van der Waals surface area contributed by atoms with E-state index < -0.39 is 17.7 Å². The van der Waals surface area contributed by atoms with Gasteiger partial charge in [0.25, 0.3) is 0 Å². The topological polar surface area (TPSA) is 52.3 Å². The summed E-state index contributed by atoms with van der Waals surface area (Å²) in [6.45, 7) is 5.30. The van der Waals surface area contributed by atoms with Crippen molar-refractivity contribution in [2.75, 3.05) is 0 Å². The zero-order valence-corrected chi connectivity index (χ0v) is 19.7. The highest BCUT2D eigenvalue weighted by Gasteiger charge is 2.32. The van der Waals surface area contributed by atoms with Crippen LogP contribution in [-0.4, -0.2) is 25.5 Å². The van der Waals surface area contributed by atoms with E-state index in [4.69, 9.17) is 27.9 Å². The molecule has 0 saturated carbocycles. The average Bonchev–Trinajstić information content (AvgIpc) is 3.07. The largest absolute Gasteiger partial charge is 0.490 e. The van der Waals surface area contributed by atoms with Crippen LogP contribution in [0.3, 0.4) is 0 Å². The Morgan fingerprint density at radius 2 is 1.88 bits per heavy atom. The summed E-state index contributed by atoms with van der Waals surface area (Å²) in [7, 11) is 0. The third kappa shape index (κ3) is 4.54. The highest BCUT2D eigenvalue weighted by atomic mass is 35.5. The van der Waals surface area contributed by atoms with Gasteiger partial charge >= 0.3 is 6.18 Å². The Kier molecular flexibility index (Phi) is 6.44. The molecular formula is C23H18Cl2F4N4O. The van der Waals surface area contributed by atoms with Crippen LogP contribution >= 0.6 is 23.2 Å². The van der Waals surface area contributed by atoms with E-state index in [1.807, 2.05) is 0 Å². The van der Waals surface area contributed by atoms with Crippen LogP contribution in [-0.2, 0) is 12.6 Å². The minimum atomic E-state index is -4.62. The third-order valence-electron chi connectivity index (χ3n) is 5.05. The third-order valence-corrected chi connectivity index (χ3v) is 5.60. The van der Waals surface area contributed by atoms with Crippen molar-refractivity contribution in [1.29, 1.82) is 0 Å². The number of hydrogen-bond donors (Lipinski definition) is 0. The number of imidazole rings is 1. The summed E-state index contributed by atoms with van der Waals surface area (Å²) in [5.74, 6) is -0.100. The number of alkyl halides is 3. The molecule has 3 aromatic heterocycles. The van der Waals surface area contributed by atoms with Crippen LogP contribution < -0.4 is 4.74 Å². The predicted molar refractivity (Wildman–Crippen MR) is 121 cm³/mol. The van der Waals surface area contributed by atoms with E-state index in [2.05, 4.69) is 15.0 Å². The van der Waals surface area contributed by atoms with Crippen LogP contribution in [0.25, 0.3) is 16.6 Å². The second-order valence-corrected chi connectivity index (χ2v) is 8.62. The number of ether oxygens (including phenoxy) is 1. The fourth-order valence-electron chi connectivity index (χ4n) is 3.67. The molecule has 0 fully saturated rings. The van der Waals surface area contributed by atoms with Gasteiger partial charge in [0.1, 0.15) is 22.8 Å². The van der Waals surface area contributed by atoms with Crippen LogP contribution in [0.1, 0.15) is 36.6 Å². The lowest BCUT2D eigenvalue weighted by Gasteiger charge is -2.20. The molecule has 0 radical (unpaired) electrons. The number of halogens is 6. The average molecular weight is 513 g/mol. The van der Waals surface area contributed by atoms with E-state index >= 15 is 4.39 Å². The molecule has 0 bridgehead atoms. The predicted octanol–water partition coefficient (Wildman–Crippen LogP) is 6.94. The highest BCUT2D eigenvalue weighted by Crippen LogP contribution is 2.41. The molecule has 0 aliphatic carbocycles. The smallest absolute Gasteiger partial charge is 0.433 e. The summed E-state index contributed by atoms with van der Waals surface area (Å²) in [5, 5.41) is 0.0735. The number of hydrogen-bond acceptors (Lipinski definition) is 4. The Bertz CT molecular complexity index is 1370. The molecule has 1 aromatic carbocycles. The summed E-state index contributed by atoms with van der Waals surface area (Å²) >= 11 is 12.4. The monoisotopic (exact) mass is 512 g/mol. The summed E-state index contributed by atoms with van der Waals surface area (Å²) < 4.78 is 61.9. The Balaban J connectivity index is 1.89. The van der Waals surface area contributed by atoms with Gasteiger partial charge in [-0.3, -0.25) is 9.38 Å². The molecule has 11 heteroatoms. The zero-order chi connectivity index (χ0) is 24.8. The van der Waals surface area contributed by atoms with Crippen LogP contribution in [0.4, 0.5) is 17.6 Å². The van der Waals surface area contributed by atoms with E-state index in [1.54, 1.807) is 31.4 Å². The molecule has 0 atom stereocenters. The van der Waals surface area contributed by atoms with Crippen molar-refractivity contribution in [3.05, 3.63) is 75.6 Å². The fourth-order valence-corrected chi connectivity index (χ4v) is 4.18. The molecule has 4 rings (SSSR count). The van der Waals surface area contributed by atoms with E-state index in [1.165, 1.54) is 12.3 Å². The standard InChI is InChI=1S/C23H18Cl2F4N4O/c1-11(2)34-21-14(9-17-32-12(3)20-22(25)30-6-7-33(17)20)8-15(24)19(26)18(21)13-4-5-16(31-10-13)23(27,28)29/h4-8,10-11H,9H2,1-3H3. The maximum absolute atomic E-state index is 15.3. The van der Waals surface area contributed by atoms with Crippen molar-refractivity contribution in [3.8, 4) is 16.9 Å². The van der Waals surface area contributed by atoms with Crippen molar-refractivity contribution in [1.82, 2.24) is 19.4 Å². The fraction of sp³-hybridized carbons (Fsp3) is 0.261. The Morgan fingerprint density at radius 1 is 1.15 bits per heavy atom. The van der Waals surface area contributed by atoms with E-state index in [9.17, 15) is 13.2 Å². The van der Waals surface area contributed by atoms with E-state index in [-0.39, 0.29) is 39.6 Å². The first-order valence-corrected chi connectivity index (χ1v) is 10.9. The molecule has 4 aromatic rings. The van der Waals surface area contributed by atoms with Gasteiger partial charge in [-0.05, 0) is 32.9 Å². The lowest BCUT2D eigenvalue weighted by atomic mass is 9.99. The van der Waals surface area contributed by atoms with Gasteiger partial charge in [-0.1, -0.05) is 29.3 Å². The van der Waals surface area contributed by atoms with Crippen LogP contribution in [0.2, 0.25) is 10.2 Å². The summed E-state index contributed by atoms with van der Waals surface area (Å²) in [6.07, 6.45) is -0.622. The van der Waals surface area contributed by atoms with Crippen molar-refractivity contribution in [3.63, 3.8) is 0 Å². The molecule has 0 aliphatic rings. The molecule has 0 aliphatic heterocycles. The van der Waals surface area contributed by atoms with Gasteiger partial charge in [0.05, 0.1) is 22.4 Å². The van der Waals surface area contributed by atoms with Crippen molar-refractivity contribution in [2.45, 2.75) is 39.5 Å². The zero-order valence-electron chi connectivity index (χ0n) is 18.2. The Morgan fingerprint density at radius 3 is 2.50 bits per heavy atom. The molecule has 0 unspecified atom stereocenters. The molecule has 3 heterocycles. The normalized spacial score (nSPS) is 12.1. The first kappa shape index (κ1) is 24.2. The SMILES string of the molecule is Cc1nc(Cc2cc(Cl)c(F)c(-c3ccc(C(F)(F)F)nc3)c2OC(C)C)n2ccnc(Cl)c12. The lowest BCUT2D eigenvalue weighted by molar-refractivity contribution is -0.141. The second kappa shape index (κ2) is 9.03. The minimum absolute atomic E-state index is 0.0743. The molecule has 0 spiro atoms. The number of benzene rings is 1. The molecular weight excluding hydrogens is 495 g/mol. The maximum Gasteiger partial charge on any atom is 0.433 e. The number of pyridine rings is 1. The summed E-state index contributed by atoms with van der Waals surface area (Å²) in [5.41, 5.74) is 0.714. The first-order valence-electron chi connectivity index (χ1n) is 10.2. The van der Waals surface area contributed by atoms with E-state index in [0.717, 1.165) is 18.3 Å². The lowest BCUT2D eigenvalue weighted by Crippen LogP contribution is -2.11. The molecule has 34 heavy (non-hydrogen) atoms. The van der Waals surface area contributed by atoms with Crippen molar-refractivity contribution in [2.24, 2.45) is 0 Å². The molecule has 0 amide bonds. The molecule has 178 valence electrons. The van der Waals surface area contributed by atoms with Gasteiger partial charge in [0.2, 0.25) is 0 Å². The van der Waals surface area contributed by atoms with Gasteiger partial charge in [-0.2, -0.15) is 13.2 Å². The number of fused-ring (bicyclic) bond motifs is 1. The number of nitrogens with zero attached hydrogens (tertiary/aromatic N) is 4. The van der Waals surface area contributed by atoms with E-state index in [0.29, 0.717) is 22.6 Å². The van der Waals surface area contributed by atoms with Gasteiger partial charge in [-0.25, -0.2) is 14.4 Å². The number of aromatic nitrogens is 4. The van der Waals surface area contributed by atoms with Gasteiger partial charge in [0.15, 0.2) is 11.0 Å². The number of rotatable bonds is 5. The van der Waals surface area contributed by atoms with Crippen molar-refractivity contribution >= 4 is 28.7 Å².